The van der Waals surface area contributed by atoms with Crippen LogP contribution in [0.1, 0.15) is 32.3 Å². The first kappa shape index (κ1) is 15.9. The molecule has 1 aromatic carbocycles. The topological polar surface area (TPSA) is 34.1 Å². The molecule has 0 spiro atoms. The summed E-state index contributed by atoms with van der Waals surface area (Å²) in [6, 6.07) is 10.8. The molecule has 114 valence electrons. The van der Waals surface area contributed by atoms with Crippen LogP contribution in [0.2, 0.25) is 0 Å². The van der Waals surface area contributed by atoms with E-state index in [4.69, 9.17) is 4.74 Å². The van der Waals surface area contributed by atoms with Crippen molar-refractivity contribution in [2.75, 3.05) is 19.8 Å². The molecule has 2 rings (SSSR count). The summed E-state index contributed by atoms with van der Waals surface area (Å²) in [6.45, 7) is 6.97. The largest absolute Gasteiger partial charge is 0.380 e. The fourth-order valence-corrected chi connectivity index (χ4v) is 2.51. The van der Waals surface area contributed by atoms with E-state index in [0.717, 1.165) is 44.5 Å². The Labute approximate surface area is 127 Å². The van der Waals surface area contributed by atoms with Crippen molar-refractivity contribution in [3.8, 4) is 0 Å². The van der Waals surface area contributed by atoms with Gasteiger partial charge in [0.05, 0.1) is 12.1 Å². The quantitative estimate of drug-likeness (QED) is 0.716. The summed E-state index contributed by atoms with van der Waals surface area (Å²) < 4.78 is 5.75. The number of benzene rings is 1. The van der Waals surface area contributed by atoms with Crippen LogP contribution in [0.15, 0.2) is 36.5 Å². The molecule has 0 saturated heterocycles. The number of nitrogens with zero attached hydrogens (tertiary/aromatic N) is 1. The highest BCUT2D eigenvalue weighted by Gasteiger charge is 2.11. The van der Waals surface area contributed by atoms with Crippen molar-refractivity contribution in [2.24, 2.45) is 0 Å². The van der Waals surface area contributed by atoms with Crippen molar-refractivity contribution < 1.29 is 4.74 Å². The summed E-state index contributed by atoms with van der Waals surface area (Å²) in [4.78, 5) is 4.44. The first-order valence-corrected chi connectivity index (χ1v) is 7.99. The maximum atomic E-state index is 5.75. The molecule has 1 aromatic heterocycles. The molecule has 2 aromatic rings. The lowest BCUT2D eigenvalue weighted by atomic mass is 10.0. The smallest absolute Gasteiger partial charge is 0.0704 e. The highest BCUT2D eigenvalue weighted by Crippen LogP contribution is 2.17. The molecule has 0 aliphatic rings. The lowest BCUT2D eigenvalue weighted by Gasteiger charge is -2.19. The van der Waals surface area contributed by atoms with Crippen LogP contribution in [-0.2, 0) is 11.2 Å². The van der Waals surface area contributed by atoms with Gasteiger partial charge in [-0.15, -0.1) is 0 Å². The SMILES string of the molecule is CCCNC(COCCC)Cc1ccnc2ccccc12. The molecule has 1 N–H and O–H groups in total. The molecule has 1 atom stereocenters. The van der Waals surface area contributed by atoms with Gasteiger partial charge in [0.25, 0.3) is 0 Å². The Hall–Kier alpha value is -1.45. The maximum Gasteiger partial charge on any atom is 0.0704 e. The number of hydrogen-bond acceptors (Lipinski definition) is 3. The van der Waals surface area contributed by atoms with Crippen LogP contribution >= 0.6 is 0 Å². The van der Waals surface area contributed by atoms with Gasteiger partial charge in [-0.05, 0) is 43.5 Å². The van der Waals surface area contributed by atoms with Crippen molar-refractivity contribution in [1.29, 1.82) is 0 Å². The van der Waals surface area contributed by atoms with Crippen LogP contribution in [0, 0.1) is 0 Å². The molecule has 0 fully saturated rings. The van der Waals surface area contributed by atoms with Crippen molar-refractivity contribution in [1.82, 2.24) is 10.3 Å². The molecule has 0 amide bonds. The molecule has 1 unspecified atom stereocenters. The van der Waals surface area contributed by atoms with Gasteiger partial charge in [-0.25, -0.2) is 0 Å². The second-order valence-corrected chi connectivity index (χ2v) is 5.42. The molecule has 0 saturated carbocycles. The summed E-state index contributed by atoms with van der Waals surface area (Å²) in [6.07, 6.45) is 5.09. The zero-order valence-electron chi connectivity index (χ0n) is 13.1. The van der Waals surface area contributed by atoms with Crippen LogP contribution in [0.5, 0.6) is 0 Å². The van der Waals surface area contributed by atoms with E-state index >= 15 is 0 Å². The van der Waals surface area contributed by atoms with Gasteiger partial charge in [0.2, 0.25) is 0 Å². The van der Waals surface area contributed by atoms with Gasteiger partial charge >= 0.3 is 0 Å². The monoisotopic (exact) mass is 286 g/mol. The summed E-state index contributed by atoms with van der Waals surface area (Å²) in [5.74, 6) is 0. The normalized spacial score (nSPS) is 12.7. The third kappa shape index (κ3) is 4.80. The van der Waals surface area contributed by atoms with Crippen LogP contribution in [0.3, 0.4) is 0 Å². The number of rotatable bonds is 9. The predicted octanol–water partition coefficient (Wildman–Crippen LogP) is 3.57. The molecule has 3 nitrogen and oxygen atoms in total. The third-order valence-corrected chi connectivity index (χ3v) is 3.56. The van der Waals surface area contributed by atoms with E-state index in [1.807, 2.05) is 12.3 Å². The molecule has 1 heterocycles. The van der Waals surface area contributed by atoms with Gasteiger partial charge in [-0.1, -0.05) is 32.0 Å². The molecule has 0 bridgehead atoms. The first-order valence-electron chi connectivity index (χ1n) is 7.99. The van der Waals surface area contributed by atoms with Gasteiger partial charge in [0, 0.05) is 24.2 Å². The van der Waals surface area contributed by atoms with E-state index in [-0.39, 0.29) is 0 Å². The number of pyridine rings is 1. The Bertz CT molecular complexity index is 536. The summed E-state index contributed by atoms with van der Waals surface area (Å²) in [5.41, 5.74) is 2.41. The van der Waals surface area contributed by atoms with Crippen molar-refractivity contribution in [2.45, 2.75) is 39.2 Å². The number of ether oxygens (including phenoxy) is 1. The van der Waals surface area contributed by atoms with Crippen molar-refractivity contribution >= 4 is 10.9 Å². The van der Waals surface area contributed by atoms with Crippen LogP contribution in [0.25, 0.3) is 10.9 Å². The fraction of sp³-hybridized carbons (Fsp3) is 0.500. The maximum absolute atomic E-state index is 5.75. The van der Waals surface area contributed by atoms with Gasteiger partial charge in [-0.3, -0.25) is 4.98 Å². The number of fused-ring (bicyclic) bond motifs is 1. The third-order valence-electron chi connectivity index (χ3n) is 3.56. The minimum Gasteiger partial charge on any atom is -0.380 e. The molecule has 0 radical (unpaired) electrons. The van der Waals surface area contributed by atoms with Gasteiger partial charge in [0.15, 0.2) is 0 Å². The lowest BCUT2D eigenvalue weighted by molar-refractivity contribution is 0.112. The molecule has 21 heavy (non-hydrogen) atoms. The Morgan fingerprint density at radius 3 is 2.81 bits per heavy atom. The van der Waals surface area contributed by atoms with Gasteiger partial charge < -0.3 is 10.1 Å². The molecule has 3 heteroatoms. The number of hydrogen-bond donors (Lipinski definition) is 1. The Kier molecular flexibility index (Phi) is 6.64. The summed E-state index contributed by atoms with van der Waals surface area (Å²) in [7, 11) is 0. The van der Waals surface area contributed by atoms with E-state index in [9.17, 15) is 0 Å². The number of nitrogens with one attached hydrogen (secondary N) is 1. The standard InChI is InChI=1S/C18H26N2O/c1-3-10-19-16(14-21-12-4-2)13-15-9-11-20-18-8-6-5-7-17(15)18/h5-9,11,16,19H,3-4,10,12-14H2,1-2H3. The lowest BCUT2D eigenvalue weighted by Crippen LogP contribution is -2.36. The van der Waals surface area contributed by atoms with E-state index < -0.39 is 0 Å². The number of para-hydroxylation sites is 1. The second kappa shape index (κ2) is 8.75. The predicted molar refractivity (Wildman–Crippen MR) is 88.6 cm³/mol. The van der Waals surface area contributed by atoms with Gasteiger partial charge in [-0.2, -0.15) is 0 Å². The minimum atomic E-state index is 0.363. The number of aromatic nitrogens is 1. The van der Waals surface area contributed by atoms with Crippen molar-refractivity contribution in [3.63, 3.8) is 0 Å². The molecular formula is C18H26N2O. The zero-order chi connectivity index (χ0) is 14.9. The van der Waals surface area contributed by atoms with Crippen LogP contribution in [-0.4, -0.2) is 30.8 Å². The highest BCUT2D eigenvalue weighted by atomic mass is 16.5. The average Bonchev–Trinajstić information content (AvgIpc) is 2.53. The van der Waals surface area contributed by atoms with E-state index in [0.29, 0.717) is 6.04 Å². The Morgan fingerprint density at radius 2 is 2.00 bits per heavy atom. The fourth-order valence-electron chi connectivity index (χ4n) is 2.51. The van der Waals surface area contributed by atoms with Crippen molar-refractivity contribution in [3.05, 3.63) is 42.1 Å². The van der Waals surface area contributed by atoms with E-state index in [2.05, 4.69) is 48.4 Å². The zero-order valence-corrected chi connectivity index (χ0v) is 13.1. The highest BCUT2D eigenvalue weighted by molar-refractivity contribution is 5.81. The molecular weight excluding hydrogens is 260 g/mol. The first-order chi connectivity index (χ1) is 10.3. The Morgan fingerprint density at radius 1 is 1.14 bits per heavy atom. The summed E-state index contributed by atoms with van der Waals surface area (Å²) in [5, 5.41) is 4.84. The molecule has 0 aliphatic carbocycles. The van der Waals surface area contributed by atoms with Gasteiger partial charge in [0.1, 0.15) is 0 Å². The Balaban J connectivity index is 2.09. The minimum absolute atomic E-state index is 0.363. The molecule has 0 aliphatic heterocycles. The second-order valence-electron chi connectivity index (χ2n) is 5.42. The van der Waals surface area contributed by atoms with Crippen LogP contribution in [0.4, 0.5) is 0 Å². The van der Waals surface area contributed by atoms with E-state index in [1.54, 1.807) is 0 Å². The average molecular weight is 286 g/mol. The van der Waals surface area contributed by atoms with E-state index in [1.165, 1.54) is 10.9 Å². The summed E-state index contributed by atoms with van der Waals surface area (Å²) >= 11 is 0. The van der Waals surface area contributed by atoms with Crippen LogP contribution < -0.4 is 5.32 Å².